The first-order chi connectivity index (χ1) is 12.0. The number of sulfone groups is 1. The molecule has 0 atom stereocenters. The number of para-hydroxylation sites is 1. The fourth-order valence-electron chi connectivity index (χ4n) is 2.17. The monoisotopic (exact) mass is 398 g/mol. The molecule has 0 fully saturated rings. The Morgan fingerprint density at radius 3 is 2.38 bits per heavy atom. The van der Waals surface area contributed by atoms with Crippen LogP contribution in [0.4, 0.5) is 5.69 Å². The van der Waals surface area contributed by atoms with Crippen molar-refractivity contribution in [2.45, 2.75) is 24.7 Å². The van der Waals surface area contributed by atoms with E-state index < -0.39 is 9.84 Å². The van der Waals surface area contributed by atoms with Crippen molar-refractivity contribution in [2.24, 2.45) is 5.73 Å². The molecule has 26 heavy (non-hydrogen) atoms. The van der Waals surface area contributed by atoms with Gasteiger partial charge in [0.05, 0.1) is 5.75 Å². The number of benzene rings is 2. The van der Waals surface area contributed by atoms with Crippen LogP contribution in [0.3, 0.4) is 0 Å². The third kappa shape index (κ3) is 6.01. The zero-order valence-corrected chi connectivity index (χ0v) is 16.1. The van der Waals surface area contributed by atoms with Crippen molar-refractivity contribution in [1.29, 1.82) is 0 Å². The molecule has 0 spiro atoms. The van der Waals surface area contributed by atoms with Crippen molar-refractivity contribution in [1.82, 2.24) is 0 Å². The Morgan fingerprint density at radius 1 is 1.12 bits per heavy atom. The number of carbonyl (C=O) groups excluding carboxylic acids is 1. The second-order valence-corrected chi connectivity index (χ2v) is 7.66. The van der Waals surface area contributed by atoms with Crippen molar-refractivity contribution in [3.05, 3.63) is 48.5 Å². The number of nitrogens with one attached hydrogen (secondary N) is 1. The van der Waals surface area contributed by atoms with Crippen LogP contribution in [-0.4, -0.2) is 26.6 Å². The Balaban J connectivity index is 0.00000338. The van der Waals surface area contributed by atoms with Gasteiger partial charge in [-0.15, -0.1) is 12.4 Å². The van der Waals surface area contributed by atoms with Crippen LogP contribution in [0.5, 0.6) is 11.5 Å². The highest BCUT2D eigenvalue weighted by Gasteiger charge is 2.17. The normalized spacial score (nSPS) is 10.7. The van der Waals surface area contributed by atoms with Crippen molar-refractivity contribution >= 4 is 33.8 Å². The average Bonchev–Trinajstić information content (AvgIpc) is 2.62. The predicted octanol–water partition coefficient (Wildman–Crippen LogP) is 3.37. The smallest absolute Gasteiger partial charge is 0.224 e. The average molecular weight is 399 g/mol. The Hall–Kier alpha value is -2.09. The third-order valence-corrected chi connectivity index (χ3v) is 5.31. The van der Waals surface area contributed by atoms with Crippen LogP contribution in [0.2, 0.25) is 0 Å². The largest absolute Gasteiger partial charge is 0.456 e. The third-order valence-electron chi connectivity index (χ3n) is 3.54. The lowest BCUT2D eigenvalue weighted by Crippen LogP contribution is -2.13. The van der Waals surface area contributed by atoms with Gasteiger partial charge in [0.15, 0.2) is 9.84 Å². The van der Waals surface area contributed by atoms with Crippen LogP contribution in [0.25, 0.3) is 0 Å². The number of amides is 1. The highest BCUT2D eigenvalue weighted by atomic mass is 35.5. The van der Waals surface area contributed by atoms with E-state index in [2.05, 4.69) is 5.32 Å². The van der Waals surface area contributed by atoms with E-state index >= 15 is 0 Å². The van der Waals surface area contributed by atoms with E-state index in [1.54, 1.807) is 49.4 Å². The van der Waals surface area contributed by atoms with Gasteiger partial charge in [0, 0.05) is 12.1 Å². The van der Waals surface area contributed by atoms with Crippen molar-refractivity contribution in [3.8, 4) is 11.5 Å². The lowest BCUT2D eigenvalue weighted by atomic mass is 10.2. The summed E-state index contributed by atoms with van der Waals surface area (Å²) >= 11 is 0. The number of hydrogen-bond acceptors (Lipinski definition) is 5. The van der Waals surface area contributed by atoms with Gasteiger partial charge in [-0.05, 0) is 49.4 Å². The summed E-state index contributed by atoms with van der Waals surface area (Å²) in [5.74, 6) is 0.669. The molecule has 0 aliphatic heterocycles. The summed E-state index contributed by atoms with van der Waals surface area (Å²) in [6.07, 6.45) is 1.01. The summed E-state index contributed by atoms with van der Waals surface area (Å²) in [6, 6.07) is 13.3. The molecule has 2 aromatic rings. The first-order valence-electron chi connectivity index (χ1n) is 8.06. The van der Waals surface area contributed by atoms with E-state index in [1.807, 2.05) is 0 Å². The summed E-state index contributed by atoms with van der Waals surface area (Å²) in [7, 11) is -3.37. The molecule has 0 bridgehead atoms. The SMILES string of the molecule is CCS(=O)(=O)c1ccccc1Oc1ccc(NC(=O)CCCN)cc1.Cl. The molecule has 0 aliphatic rings. The van der Waals surface area contributed by atoms with Gasteiger partial charge in [-0.3, -0.25) is 4.79 Å². The molecular formula is C18H23ClN2O4S. The van der Waals surface area contributed by atoms with E-state index in [4.69, 9.17) is 10.5 Å². The van der Waals surface area contributed by atoms with Gasteiger partial charge in [0.2, 0.25) is 5.91 Å². The Kier molecular flexibility index (Phi) is 8.57. The summed E-state index contributed by atoms with van der Waals surface area (Å²) < 4.78 is 30.0. The standard InChI is InChI=1S/C18H22N2O4S.ClH/c1-2-25(22,23)17-7-4-3-6-16(17)24-15-11-9-14(10-12-15)20-18(21)8-5-13-19;/h3-4,6-7,9-12H,2,5,8,13,19H2,1H3,(H,20,21);1H. The zero-order chi connectivity index (χ0) is 18.3. The topological polar surface area (TPSA) is 98.5 Å². The maximum atomic E-state index is 12.1. The lowest BCUT2D eigenvalue weighted by Gasteiger charge is -2.11. The lowest BCUT2D eigenvalue weighted by molar-refractivity contribution is -0.116. The molecule has 1 amide bonds. The van der Waals surface area contributed by atoms with Gasteiger partial charge in [-0.1, -0.05) is 19.1 Å². The van der Waals surface area contributed by atoms with Gasteiger partial charge >= 0.3 is 0 Å². The van der Waals surface area contributed by atoms with E-state index in [1.165, 1.54) is 6.07 Å². The first kappa shape index (κ1) is 22.0. The zero-order valence-electron chi connectivity index (χ0n) is 14.5. The summed E-state index contributed by atoms with van der Waals surface area (Å²) in [5, 5.41) is 2.77. The van der Waals surface area contributed by atoms with Gasteiger partial charge < -0.3 is 15.8 Å². The van der Waals surface area contributed by atoms with Crippen LogP contribution < -0.4 is 15.8 Å². The molecule has 0 unspecified atom stereocenters. The highest BCUT2D eigenvalue weighted by molar-refractivity contribution is 7.91. The van der Waals surface area contributed by atoms with Crippen molar-refractivity contribution in [2.75, 3.05) is 17.6 Å². The second kappa shape index (κ2) is 10.2. The molecule has 0 radical (unpaired) electrons. The summed E-state index contributed by atoms with van der Waals surface area (Å²) in [5.41, 5.74) is 6.02. The number of hydrogen-bond donors (Lipinski definition) is 2. The van der Waals surface area contributed by atoms with Gasteiger partial charge in [-0.2, -0.15) is 0 Å². The summed E-state index contributed by atoms with van der Waals surface area (Å²) in [4.78, 5) is 11.8. The molecule has 8 heteroatoms. The minimum Gasteiger partial charge on any atom is -0.456 e. The Bertz CT molecular complexity index is 823. The molecule has 2 rings (SSSR count). The molecule has 0 aliphatic carbocycles. The first-order valence-corrected chi connectivity index (χ1v) is 9.71. The Labute approximate surface area is 160 Å². The van der Waals surface area contributed by atoms with E-state index in [0.717, 1.165) is 0 Å². The van der Waals surface area contributed by atoms with Crippen molar-refractivity contribution in [3.63, 3.8) is 0 Å². The fraction of sp³-hybridized carbons (Fsp3) is 0.278. The van der Waals surface area contributed by atoms with E-state index in [0.29, 0.717) is 30.8 Å². The van der Waals surface area contributed by atoms with Gasteiger partial charge in [0.1, 0.15) is 16.4 Å². The van der Waals surface area contributed by atoms with Crippen LogP contribution in [0, 0.1) is 0 Å². The van der Waals surface area contributed by atoms with E-state index in [9.17, 15) is 13.2 Å². The number of nitrogens with two attached hydrogens (primary N) is 1. The minimum absolute atomic E-state index is 0. The molecule has 6 nitrogen and oxygen atoms in total. The number of halogens is 1. The molecular weight excluding hydrogens is 376 g/mol. The molecule has 0 saturated heterocycles. The maximum absolute atomic E-state index is 12.1. The predicted molar refractivity (Wildman–Crippen MR) is 105 cm³/mol. The number of ether oxygens (including phenoxy) is 1. The van der Waals surface area contributed by atoms with Crippen molar-refractivity contribution < 1.29 is 17.9 Å². The molecule has 2 aromatic carbocycles. The number of anilines is 1. The van der Waals surface area contributed by atoms with Gasteiger partial charge in [-0.25, -0.2) is 8.42 Å². The molecule has 142 valence electrons. The van der Waals surface area contributed by atoms with Crippen LogP contribution in [0.1, 0.15) is 19.8 Å². The van der Waals surface area contributed by atoms with Crippen LogP contribution in [0.15, 0.2) is 53.4 Å². The quantitative estimate of drug-likeness (QED) is 0.710. The van der Waals surface area contributed by atoms with Crippen LogP contribution >= 0.6 is 12.4 Å². The van der Waals surface area contributed by atoms with Gasteiger partial charge in [0.25, 0.3) is 0 Å². The Morgan fingerprint density at radius 2 is 1.77 bits per heavy atom. The highest BCUT2D eigenvalue weighted by Crippen LogP contribution is 2.29. The second-order valence-electron chi connectivity index (χ2n) is 5.42. The van der Waals surface area contributed by atoms with E-state index in [-0.39, 0.29) is 34.7 Å². The summed E-state index contributed by atoms with van der Waals surface area (Å²) in [6.45, 7) is 2.06. The molecule has 3 N–H and O–H groups in total. The number of rotatable bonds is 8. The molecule has 0 saturated carbocycles. The minimum atomic E-state index is -3.37. The molecule has 0 aromatic heterocycles. The number of carbonyl (C=O) groups is 1. The molecule has 0 heterocycles. The fourth-order valence-corrected chi connectivity index (χ4v) is 3.18. The maximum Gasteiger partial charge on any atom is 0.224 e. The van der Waals surface area contributed by atoms with Crippen LogP contribution in [-0.2, 0) is 14.6 Å².